The fourth-order valence-electron chi connectivity index (χ4n) is 2.50. The molecule has 0 aromatic carbocycles. The maximum Gasteiger partial charge on any atom is 0.272 e. The van der Waals surface area contributed by atoms with E-state index < -0.39 is 0 Å². The van der Waals surface area contributed by atoms with Crippen LogP contribution in [0.1, 0.15) is 35.9 Å². The molecule has 0 radical (unpaired) electrons. The van der Waals surface area contributed by atoms with Crippen LogP contribution in [0.2, 0.25) is 0 Å². The van der Waals surface area contributed by atoms with Crippen LogP contribution in [0.3, 0.4) is 0 Å². The Kier molecular flexibility index (Phi) is 4.01. The zero-order valence-corrected chi connectivity index (χ0v) is 11.4. The number of nitrogens with zero attached hydrogens (tertiary/aromatic N) is 3. The van der Waals surface area contributed by atoms with Gasteiger partial charge in [-0.05, 0) is 45.8 Å². The van der Waals surface area contributed by atoms with E-state index in [1.165, 1.54) is 0 Å². The number of aryl methyl sites for hydroxylation is 2. The predicted octanol–water partition coefficient (Wildman–Crippen LogP) is 1.04. The molecular formula is C13H22N4O. The highest BCUT2D eigenvalue weighted by Crippen LogP contribution is 2.14. The number of carbonyl (C=O) groups is 1. The summed E-state index contributed by atoms with van der Waals surface area (Å²) in [5.74, 6) is 0.0874. The summed E-state index contributed by atoms with van der Waals surface area (Å²) in [6.07, 6.45) is 2.06. The molecule has 2 heterocycles. The number of piperidine rings is 1. The molecule has 100 valence electrons. The summed E-state index contributed by atoms with van der Waals surface area (Å²) >= 11 is 0. The number of carbonyl (C=O) groups excluding carboxylic acids is 1. The molecule has 0 bridgehead atoms. The Morgan fingerprint density at radius 3 is 2.83 bits per heavy atom. The van der Waals surface area contributed by atoms with Crippen molar-refractivity contribution in [3.8, 4) is 0 Å². The smallest absolute Gasteiger partial charge is 0.272 e. The molecule has 5 nitrogen and oxygen atoms in total. The summed E-state index contributed by atoms with van der Waals surface area (Å²) in [7, 11) is 1.90. The van der Waals surface area contributed by atoms with E-state index in [1.54, 1.807) is 4.68 Å². The average molecular weight is 250 g/mol. The first-order valence-corrected chi connectivity index (χ1v) is 6.65. The van der Waals surface area contributed by atoms with Gasteiger partial charge in [0.15, 0.2) is 0 Å². The van der Waals surface area contributed by atoms with Crippen molar-refractivity contribution in [2.75, 3.05) is 20.1 Å². The van der Waals surface area contributed by atoms with E-state index in [9.17, 15) is 4.79 Å². The number of amides is 1. The molecule has 0 saturated carbocycles. The number of hydrogen-bond donors (Lipinski definition) is 1. The van der Waals surface area contributed by atoms with Gasteiger partial charge in [-0.3, -0.25) is 9.48 Å². The van der Waals surface area contributed by atoms with Crippen LogP contribution in [0.25, 0.3) is 0 Å². The van der Waals surface area contributed by atoms with Crippen molar-refractivity contribution in [3.05, 3.63) is 17.5 Å². The predicted molar refractivity (Wildman–Crippen MR) is 70.6 cm³/mol. The van der Waals surface area contributed by atoms with Gasteiger partial charge in [-0.25, -0.2) is 0 Å². The Hall–Kier alpha value is -1.36. The number of nitrogens with one attached hydrogen (secondary N) is 1. The molecule has 1 amide bonds. The van der Waals surface area contributed by atoms with Crippen LogP contribution in [0.4, 0.5) is 0 Å². The fourth-order valence-corrected chi connectivity index (χ4v) is 2.50. The number of aromatic nitrogens is 2. The van der Waals surface area contributed by atoms with Crippen LogP contribution in [0.5, 0.6) is 0 Å². The van der Waals surface area contributed by atoms with Crippen molar-refractivity contribution < 1.29 is 4.79 Å². The van der Waals surface area contributed by atoms with Gasteiger partial charge in [0.2, 0.25) is 0 Å². The Morgan fingerprint density at radius 1 is 1.56 bits per heavy atom. The van der Waals surface area contributed by atoms with Gasteiger partial charge in [-0.15, -0.1) is 0 Å². The van der Waals surface area contributed by atoms with E-state index in [0.717, 1.165) is 38.2 Å². The second-order valence-electron chi connectivity index (χ2n) is 4.88. The van der Waals surface area contributed by atoms with Crippen molar-refractivity contribution in [2.24, 2.45) is 0 Å². The zero-order chi connectivity index (χ0) is 13.1. The maximum atomic E-state index is 12.5. The van der Waals surface area contributed by atoms with E-state index in [4.69, 9.17) is 0 Å². The van der Waals surface area contributed by atoms with Crippen molar-refractivity contribution >= 4 is 5.91 Å². The van der Waals surface area contributed by atoms with Crippen molar-refractivity contribution in [1.29, 1.82) is 0 Å². The quantitative estimate of drug-likeness (QED) is 0.872. The van der Waals surface area contributed by atoms with Crippen LogP contribution in [0.15, 0.2) is 6.07 Å². The third kappa shape index (κ3) is 2.56. The van der Waals surface area contributed by atoms with Gasteiger partial charge in [-0.2, -0.15) is 5.10 Å². The van der Waals surface area contributed by atoms with Gasteiger partial charge in [0.05, 0.1) is 5.69 Å². The van der Waals surface area contributed by atoms with Gasteiger partial charge >= 0.3 is 0 Å². The summed E-state index contributed by atoms with van der Waals surface area (Å²) in [6, 6.07) is 2.22. The van der Waals surface area contributed by atoms with E-state index in [2.05, 4.69) is 10.4 Å². The molecule has 1 aromatic rings. The van der Waals surface area contributed by atoms with Crippen LogP contribution in [-0.2, 0) is 6.54 Å². The Labute approximate surface area is 108 Å². The first kappa shape index (κ1) is 13.1. The maximum absolute atomic E-state index is 12.5. The summed E-state index contributed by atoms with van der Waals surface area (Å²) in [5, 5.41) is 7.65. The van der Waals surface area contributed by atoms with Gasteiger partial charge in [0.1, 0.15) is 5.69 Å². The zero-order valence-electron chi connectivity index (χ0n) is 11.4. The van der Waals surface area contributed by atoms with E-state index in [1.807, 2.05) is 31.9 Å². The fraction of sp³-hybridized carbons (Fsp3) is 0.692. The first-order chi connectivity index (χ1) is 8.63. The molecule has 18 heavy (non-hydrogen) atoms. The standard InChI is InChI=1S/C13H22N4O/c1-4-17-12(9-10(2)15-17)13(18)16(3)11-5-7-14-8-6-11/h9,11,14H,4-8H2,1-3H3. The van der Waals surface area contributed by atoms with Gasteiger partial charge in [0, 0.05) is 19.6 Å². The lowest BCUT2D eigenvalue weighted by molar-refractivity contribution is 0.0690. The lowest BCUT2D eigenvalue weighted by Gasteiger charge is -2.31. The second-order valence-corrected chi connectivity index (χ2v) is 4.88. The molecule has 2 rings (SSSR count). The van der Waals surface area contributed by atoms with Gasteiger partial charge in [-0.1, -0.05) is 0 Å². The molecule has 1 aliphatic rings. The summed E-state index contributed by atoms with van der Waals surface area (Å²) in [4.78, 5) is 14.4. The van der Waals surface area contributed by atoms with Crippen LogP contribution >= 0.6 is 0 Å². The van der Waals surface area contributed by atoms with Crippen LogP contribution in [-0.4, -0.2) is 46.8 Å². The minimum absolute atomic E-state index is 0.0874. The highest BCUT2D eigenvalue weighted by molar-refractivity contribution is 5.92. The largest absolute Gasteiger partial charge is 0.337 e. The number of rotatable bonds is 3. The normalized spacial score (nSPS) is 16.8. The first-order valence-electron chi connectivity index (χ1n) is 6.65. The van der Waals surface area contributed by atoms with Crippen molar-refractivity contribution in [2.45, 2.75) is 39.3 Å². The Morgan fingerprint density at radius 2 is 2.22 bits per heavy atom. The Balaban J connectivity index is 2.13. The van der Waals surface area contributed by atoms with Crippen LogP contribution < -0.4 is 5.32 Å². The molecule has 0 aliphatic carbocycles. The van der Waals surface area contributed by atoms with Crippen LogP contribution in [0, 0.1) is 6.92 Å². The highest BCUT2D eigenvalue weighted by atomic mass is 16.2. The Bertz CT molecular complexity index is 421. The second kappa shape index (κ2) is 5.52. The molecule has 1 N–H and O–H groups in total. The molecule has 1 aliphatic heterocycles. The third-order valence-electron chi connectivity index (χ3n) is 3.60. The van der Waals surface area contributed by atoms with Crippen molar-refractivity contribution in [3.63, 3.8) is 0 Å². The summed E-state index contributed by atoms with van der Waals surface area (Å²) in [6.45, 7) is 6.65. The molecule has 5 heteroatoms. The lowest BCUT2D eigenvalue weighted by atomic mass is 10.1. The molecule has 1 aromatic heterocycles. The molecule has 0 spiro atoms. The average Bonchev–Trinajstić information content (AvgIpc) is 2.79. The SMILES string of the molecule is CCn1nc(C)cc1C(=O)N(C)C1CCNCC1. The van der Waals surface area contributed by atoms with Gasteiger partial charge in [0.25, 0.3) is 5.91 Å². The summed E-state index contributed by atoms with van der Waals surface area (Å²) < 4.78 is 1.79. The highest BCUT2D eigenvalue weighted by Gasteiger charge is 2.25. The summed E-state index contributed by atoms with van der Waals surface area (Å²) in [5.41, 5.74) is 1.61. The monoisotopic (exact) mass is 250 g/mol. The van der Waals surface area contributed by atoms with E-state index in [-0.39, 0.29) is 5.91 Å². The lowest BCUT2D eigenvalue weighted by Crippen LogP contribution is -2.44. The molecule has 1 fully saturated rings. The molecule has 0 unspecified atom stereocenters. The molecule has 1 saturated heterocycles. The van der Waals surface area contributed by atoms with E-state index in [0.29, 0.717) is 11.7 Å². The minimum atomic E-state index is 0.0874. The van der Waals surface area contributed by atoms with E-state index >= 15 is 0 Å². The third-order valence-corrected chi connectivity index (χ3v) is 3.60. The molecule has 0 atom stereocenters. The van der Waals surface area contributed by atoms with Crippen molar-refractivity contribution in [1.82, 2.24) is 20.0 Å². The molecular weight excluding hydrogens is 228 g/mol. The van der Waals surface area contributed by atoms with Gasteiger partial charge < -0.3 is 10.2 Å². The topological polar surface area (TPSA) is 50.2 Å². The number of hydrogen-bond acceptors (Lipinski definition) is 3. The minimum Gasteiger partial charge on any atom is -0.337 e.